The fourth-order valence-electron chi connectivity index (χ4n) is 2.50. The maximum Gasteiger partial charge on any atom is 0.272 e. The van der Waals surface area contributed by atoms with Crippen LogP contribution in [0.5, 0.6) is 0 Å². The normalized spacial score (nSPS) is 10.9. The summed E-state index contributed by atoms with van der Waals surface area (Å²) in [6, 6.07) is 10.9. The maximum absolute atomic E-state index is 10.8. The SMILES string of the molecule is Cc1cc(Nc2ccc3c(c2)nc(C)n3C)ccc1[N+](=O)[O-]. The van der Waals surface area contributed by atoms with E-state index in [0.717, 1.165) is 28.2 Å². The predicted molar refractivity (Wildman–Crippen MR) is 86.6 cm³/mol. The van der Waals surface area contributed by atoms with Gasteiger partial charge in [-0.15, -0.1) is 0 Å². The molecule has 6 heteroatoms. The Morgan fingerprint density at radius 2 is 1.82 bits per heavy atom. The van der Waals surface area contributed by atoms with E-state index in [2.05, 4.69) is 10.3 Å². The molecular weight excluding hydrogens is 280 g/mol. The number of nitrogens with one attached hydrogen (secondary N) is 1. The van der Waals surface area contributed by atoms with Gasteiger partial charge in [0.1, 0.15) is 5.82 Å². The van der Waals surface area contributed by atoms with Crippen LogP contribution in [-0.4, -0.2) is 14.5 Å². The molecule has 0 saturated heterocycles. The molecule has 22 heavy (non-hydrogen) atoms. The number of nitrogens with zero attached hydrogens (tertiary/aromatic N) is 3. The molecule has 0 saturated carbocycles. The average molecular weight is 296 g/mol. The Morgan fingerprint density at radius 1 is 1.14 bits per heavy atom. The molecule has 3 aromatic rings. The Hall–Kier alpha value is -2.89. The number of anilines is 2. The second-order valence-electron chi connectivity index (χ2n) is 5.30. The van der Waals surface area contributed by atoms with E-state index in [1.54, 1.807) is 19.1 Å². The number of aryl methyl sites for hydroxylation is 3. The van der Waals surface area contributed by atoms with E-state index in [-0.39, 0.29) is 10.6 Å². The van der Waals surface area contributed by atoms with E-state index in [0.29, 0.717) is 5.56 Å². The Kier molecular flexibility index (Phi) is 3.29. The van der Waals surface area contributed by atoms with Crippen LogP contribution in [0.2, 0.25) is 0 Å². The highest BCUT2D eigenvalue weighted by Crippen LogP contribution is 2.26. The molecule has 1 aromatic heterocycles. The Balaban J connectivity index is 1.93. The predicted octanol–water partition coefficient (Wildman–Crippen LogP) is 3.84. The lowest BCUT2D eigenvalue weighted by molar-refractivity contribution is -0.385. The van der Waals surface area contributed by atoms with Crippen molar-refractivity contribution in [3.05, 3.63) is 57.9 Å². The van der Waals surface area contributed by atoms with Crippen molar-refractivity contribution in [1.82, 2.24) is 9.55 Å². The minimum absolute atomic E-state index is 0.126. The van der Waals surface area contributed by atoms with E-state index in [9.17, 15) is 10.1 Å². The lowest BCUT2D eigenvalue weighted by atomic mass is 10.1. The van der Waals surface area contributed by atoms with Crippen LogP contribution in [0.4, 0.5) is 17.1 Å². The standard InChI is InChI=1S/C16H16N4O2/c1-10-8-12(4-6-15(10)20(21)22)18-13-5-7-16-14(9-13)17-11(2)19(16)3/h4-9,18H,1-3H3. The van der Waals surface area contributed by atoms with Crippen molar-refractivity contribution in [3.63, 3.8) is 0 Å². The summed E-state index contributed by atoms with van der Waals surface area (Å²) in [4.78, 5) is 15.0. The van der Waals surface area contributed by atoms with Crippen LogP contribution in [0.3, 0.4) is 0 Å². The van der Waals surface area contributed by atoms with Crippen molar-refractivity contribution >= 4 is 28.1 Å². The minimum Gasteiger partial charge on any atom is -0.355 e. The van der Waals surface area contributed by atoms with Gasteiger partial charge in [-0.05, 0) is 44.2 Å². The van der Waals surface area contributed by atoms with Crippen molar-refractivity contribution in [3.8, 4) is 0 Å². The molecule has 2 aromatic carbocycles. The Morgan fingerprint density at radius 3 is 2.50 bits per heavy atom. The highest BCUT2D eigenvalue weighted by molar-refractivity contribution is 5.81. The van der Waals surface area contributed by atoms with Gasteiger partial charge in [0.05, 0.1) is 16.0 Å². The molecule has 0 bridgehead atoms. The van der Waals surface area contributed by atoms with E-state index >= 15 is 0 Å². The smallest absolute Gasteiger partial charge is 0.272 e. The lowest BCUT2D eigenvalue weighted by Crippen LogP contribution is -1.95. The summed E-state index contributed by atoms with van der Waals surface area (Å²) in [7, 11) is 1.98. The molecule has 0 radical (unpaired) electrons. The average Bonchev–Trinajstić information content (AvgIpc) is 2.73. The molecule has 0 aliphatic rings. The number of rotatable bonds is 3. The fraction of sp³-hybridized carbons (Fsp3) is 0.188. The van der Waals surface area contributed by atoms with E-state index in [1.807, 2.05) is 36.7 Å². The third-order valence-electron chi connectivity index (χ3n) is 3.79. The molecular formula is C16H16N4O2. The molecule has 0 unspecified atom stereocenters. The molecule has 1 heterocycles. The zero-order valence-electron chi connectivity index (χ0n) is 12.6. The molecule has 0 aliphatic carbocycles. The van der Waals surface area contributed by atoms with Gasteiger partial charge in [-0.3, -0.25) is 10.1 Å². The Labute approximate surface area is 127 Å². The van der Waals surface area contributed by atoms with Gasteiger partial charge >= 0.3 is 0 Å². The number of hydrogen-bond donors (Lipinski definition) is 1. The van der Waals surface area contributed by atoms with Gasteiger partial charge in [-0.2, -0.15) is 0 Å². The fourth-order valence-corrected chi connectivity index (χ4v) is 2.50. The summed E-state index contributed by atoms with van der Waals surface area (Å²) in [5, 5.41) is 14.1. The number of nitro benzene ring substituents is 1. The van der Waals surface area contributed by atoms with Crippen molar-refractivity contribution in [2.45, 2.75) is 13.8 Å². The molecule has 0 amide bonds. The van der Waals surface area contributed by atoms with Crippen LogP contribution in [0.15, 0.2) is 36.4 Å². The van der Waals surface area contributed by atoms with Gasteiger partial charge in [0, 0.05) is 30.1 Å². The third-order valence-corrected chi connectivity index (χ3v) is 3.79. The zero-order valence-corrected chi connectivity index (χ0v) is 12.6. The number of aromatic nitrogens is 2. The number of imidazole rings is 1. The molecule has 6 nitrogen and oxygen atoms in total. The highest BCUT2D eigenvalue weighted by Gasteiger charge is 2.10. The molecule has 1 N–H and O–H groups in total. The first-order valence-electron chi connectivity index (χ1n) is 6.91. The number of nitro groups is 1. The van der Waals surface area contributed by atoms with Gasteiger partial charge in [0.25, 0.3) is 5.69 Å². The largest absolute Gasteiger partial charge is 0.355 e. The number of benzene rings is 2. The Bertz CT molecular complexity index is 883. The summed E-state index contributed by atoms with van der Waals surface area (Å²) >= 11 is 0. The van der Waals surface area contributed by atoms with Crippen molar-refractivity contribution in [2.24, 2.45) is 7.05 Å². The summed E-state index contributed by atoms with van der Waals surface area (Å²) < 4.78 is 2.04. The molecule has 0 fully saturated rings. The number of fused-ring (bicyclic) bond motifs is 1. The first-order chi connectivity index (χ1) is 10.5. The van der Waals surface area contributed by atoms with Crippen LogP contribution in [0, 0.1) is 24.0 Å². The first-order valence-corrected chi connectivity index (χ1v) is 6.91. The highest BCUT2D eigenvalue weighted by atomic mass is 16.6. The maximum atomic E-state index is 10.8. The third kappa shape index (κ3) is 2.39. The van der Waals surface area contributed by atoms with Gasteiger partial charge in [-0.25, -0.2) is 4.98 Å². The van der Waals surface area contributed by atoms with Gasteiger partial charge in [0.2, 0.25) is 0 Å². The summed E-state index contributed by atoms with van der Waals surface area (Å²) in [5.41, 5.74) is 4.46. The molecule has 0 atom stereocenters. The van der Waals surface area contributed by atoms with Gasteiger partial charge in [-0.1, -0.05) is 0 Å². The van der Waals surface area contributed by atoms with Gasteiger partial charge < -0.3 is 9.88 Å². The molecule has 3 rings (SSSR count). The quantitative estimate of drug-likeness (QED) is 0.588. The molecule has 0 aliphatic heterocycles. The zero-order chi connectivity index (χ0) is 15.9. The summed E-state index contributed by atoms with van der Waals surface area (Å²) in [6.45, 7) is 3.70. The van der Waals surface area contributed by atoms with Crippen LogP contribution >= 0.6 is 0 Å². The molecule has 112 valence electrons. The second-order valence-corrected chi connectivity index (χ2v) is 5.30. The van der Waals surface area contributed by atoms with E-state index < -0.39 is 0 Å². The first kappa shape index (κ1) is 14.1. The van der Waals surface area contributed by atoms with Crippen molar-refractivity contribution in [1.29, 1.82) is 0 Å². The van der Waals surface area contributed by atoms with Crippen molar-refractivity contribution < 1.29 is 4.92 Å². The van der Waals surface area contributed by atoms with Crippen molar-refractivity contribution in [2.75, 3.05) is 5.32 Å². The van der Waals surface area contributed by atoms with Crippen LogP contribution in [0.25, 0.3) is 11.0 Å². The minimum atomic E-state index is -0.373. The lowest BCUT2D eigenvalue weighted by Gasteiger charge is -2.08. The van der Waals surface area contributed by atoms with E-state index in [1.165, 1.54) is 6.07 Å². The van der Waals surface area contributed by atoms with Crippen LogP contribution < -0.4 is 5.32 Å². The molecule has 0 spiro atoms. The monoisotopic (exact) mass is 296 g/mol. The number of hydrogen-bond acceptors (Lipinski definition) is 4. The van der Waals surface area contributed by atoms with Gasteiger partial charge in [0.15, 0.2) is 0 Å². The van der Waals surface area contributed by atoms with Crippen LogP contribution in [0.1, 0.15) is 11.4 Å². The summed E-state index contributed by atoms with van der Waals surface area (Å²) in [5.74, 6) is 0.957. The van der Waals surface area contributed by atoms with Crippen LogP contribution in [-0.2, 0) is 7.05 Å². The second kappa shape index (κ2) is 5.14. The topological polar surface area (TPSA) is 73.0 Å². The summed E-state index contributed by atoms with van der Waals surface area (Å²) in [6.07, 6.45) is 0. The van der Waals surface area contributed by atoms with E-state index in [4.69, 9.17) is 0 Å².